The Morgan fingerprint density at radius 1 is 1.21 bits per heavy atom. The number of benzene rings is 1. The number of fused-ring (bicyclic) bond motifs is 1. The van der Waals surface area contributed by atoms with Crippen LogP contribution in [0.5, 0.6) is 5.75 Å². The Labute approximate surface area is 175 Å². The monoisotopic (exact) mass is 451 g/mol. The van der Waals surface area contributed by atoms with Crippen molar-refractivity contribution in [1.82, 2.24) is 14.4 Å². The predicted molar refractivity (Wildman–Crippen MR) is 115 cm³/mol. The summed E-state index contributed by atoms with van der Waals surface area (Å²) in [5.41, 5.74) is 2.67. The second-order valence-electron chi connectivity index (χ2n) is 7.66. The van der Waals surface area contributed by atoms with Gasteiger partial charge in [0.15, 0.2) is 0 Å². The van der Waals surface area contributed by atoms with Gasteiger partial charge in [0, 0.05) is 31.2 Å². The average Bonchev–Trinajstić information content (AvgIpc) is 2.93. The molecule has 0 radical (unpaired) electrons. The molecule has 154 valence electrons. The van der Waals surface area contributed by atoms with E-state index >= 15 is 0 Å². The second-order valence-corrected chi connectivity index (χ2v) is 8.51. The van der Waals surface area contributed by atoms with Crippen LogP contribution in [0.1, 0.15) is 35.3 Å². The molecule has 0 spiro atoms. The van der Waals surface area contributed by atoms with E-state index in [0.29, 0.717) is 24.5 Å². The third-order valence-electron chi connectivity index (χ3n) is 5.39. The van der Waals surface area contributed by atoms with Gasteiger partial charge in [-0.2, -0.15) is 0 Å². The van der Waals surface area contributed by atoms with Gasteiger partial charge in [-0.25, -0.2) is 4.79 Å². The van der Waals surface area contributed by atoms with E-state index in [9.17, 15) is 4.79 Å². The Kier molecular flexibility index (Phi) is 7.01. The minimum Gasteiger partial charge on any atom is -0.496 e. The number of methoxy groups -OCH3 is 1. The maximum absolute atomic E-state index is 13.1. The number of carbonyl (C=O) groups is 1. The lowest BCUT2D eigenvalue weighted by molar-refractivity contribution is 0.0481. The normalized spacial score (nSPS) is 15.4. The SMILES string of the molecule is COc1cc2c(C(=O)OCCN(C)C)c(CN3CCCCC3)n(C)c2cc1Br. The fourth-order valence-electron chi connectivity index (χ4n) is 3.78. The van der Waals surface area contributed by atoms with Gasteiger partial charge in [-0.1, -0.05) is 6.42 Å². The summed E-state index contributed by atoms with van der Waals surface area (Å²) in [4.78, 5) is 17.5. The number of hydrogen-bond acceptors (Lipinski definition) is 5. The fraction of sp³-hybridized carbons (Fsp3) is 0.571. The van der Waals surface area contributed by atoms with E-state index in [4.69, 9.17) is 9.47 Å². The third-order valence-corrected chi connectivity index (χ3v) is 6.01. The highest BCUT2D eigenvalue weighted by Crippen LogP contribution is 2.35. The van der Waals surface area contributed by atoms with E-state index in [1.54, 1.807) is 7.11 Å². The summed E-state index contributed by atoms with van der Waals surface area (Å²) in [6, 6.07) is 3.95. The molecule has 0 aliphatic carbocycles. The number of aromatic nitrogens is 1. The van der Waals surface area contributed by atoms with Gasteiger partial charge in [0.25, 0.3) is 0 Å². The van der Waals surface area contributed by atoms with Crippen LogP contribution in [0.15, 0.2) is 16.6 Å². The average molecular weight is 452 g/mol. The first kappa shape index (κ1) is 21.1. The van der Waals surface area contributed by atoms with Crippen molar-refractivity contribution in [1.29, 1.82) is 0 Å². The number of halogens is 1. The Morgan fingerprint density at radius 2 is 1.93 bits per heavy atom. The third kappa shape index (κ3) is 4.53. The molecule has 6 nitrogen and oxygen atoms in total. The molecule has 7 heteroatoms. The molecule has 2 aromatic rings. The van der Waals surface area contributed by atoms with Crippen LogP contribution >= 0.6 is 15.9 Å². The Balaban J connectivity index is 2.02. The quantitative estimate of drug-likeness (QED) is 0.601. The van der Waals surface area contributed by atoms with Crippen LogP contribution in [0.2, 0.25) is 0 Å². The van der Waals surface area contributed by atoms with Crippen LogP contribution in [0.3, 0.4) is 0 Å². The predicted octanol–water partition coefficient (Wildman–Crippen LogP) is 3.65. The van der Waals surface area contributed by atoms with Crippen LogP contribution < -0.4 is 4.74 Å². The zero-order chi connectivity index (χ0) is 20.3. The topological polar surface area (TPSA) is 46.9 Å². The number of nitrogens with zero attached hydrogens (tertiary/aromatic N) is 3. The van der Waals surface area contributed by atoms with Crippen molar-refractivity contribution in [2.24, 2.45) is 7.05 Å². The molecule has 0 amide bonds. The van der Waals surface area contributed by atoms with Gasteiger partial charge in [0.2, 0.25) is 0 Å². The molecule has 1 aromatic heterocycles. The fourth-order valence-corrected chi connectivity index (χ4v) is 4.27. The van der Waals surface area contributed by atoms with E-state index in [1.807, 2.05) is 38.2 Å². The maximum Gasteiger partial charge on any atom is 0.340 e. The van der Waals surface area contributed by atoms with Crippen LogP contribution in [-0.2, 0) is 18.3 Å². The van der Waals surface area contributed by atoms with Crippen molar-refractivity contribution in [3.05, 3.63) is 27.9 Å². The minimum atomic E-state index is -0.260. The van der Waals surface area contributed by atoms with Gasteiger partial charge >= 0.3 is 5.97 Å². The molecule has 0 bridgehead atoms. The zero-order valence-electron chi connectivity index (χ0n) is 17.3. The lowest BCUT2D eigenvalue weighted by Crippen LogP contribution is -2.30. The smallest absolute Gasteiger partial charge is 0.340 e. The van der Waals surface area contributed by atoms with Crippen molar-refractivity contribution >= 4 is 32.8 Å². The lowest BCUT2D eigenvalue weighted by Gasteiger charge is -2.27. The molecule has 1 fully saturated rings. The molecule has 1 aromatic carbocycles. The van der Waals surface area contributed by atoms with Gasteiger partial charge in [-0.05, 0) is 68.1 Å². The van der Waals surface area contributed by atoms with Crippen molar-refractivity contribution in [3.8, 4) is 5.75 Å². The number of carbonyl (C=O) groups excluding carboxylic acids is 1. The van der Waals surface area contributed by atoms with Gasteiger partial charge in [-0.3, -0.25) is 4.90 Å². The summed E-state index contributed by atoms with van der Waals surface area (Å²) in [7, 11) is 7.60. The molecular formula is C21H30BrN3O3. The molecule has 1 aliphatic rings. The maximum atomic E-state index is 13.1. The molecule has 0 atom stereocenters. The first-order valence-electron chi connectivity index (χ1n) is 9.81. The lowest BCUT2D eigenvalue weighted by atomic mass is 10.1. The van der Waals surface area contributed by atoms with Crippen LogP contribution in [0.4, 0.5) is 0 Å². The zero-order valence-corrected chi connectivity index (χ0v) is 18.8. The van der Waals surface area contributed by atoms with Gasteiger partial charge in [0.1, 0.15) is 12.4 Å². The summed E-state index contributed by atoms with van der Waals surface area (Å²) in [5.74, 6) is 0.453. The molecule has 0 unspecified atom stereocenters. The molecular weight excluding hydrogens is 422 g/mol. The highest BCUT2D eigenvalue weighted by atomic mass is 79.9. The number of rotatable bonds is 7. The number of likely N-dealkylation sites (tertiary alicyclic amines) is 1. The van der Waals surface area contributed by atoms with Crippen molar-refractivity contribution < 1.29 is 14.3 Å². The van der Waals surface area contributed by atoms with Crippen LogP contribution in [-0.4, -0.2) is 67.8 Å². The Bertz CT molecular complexity index is 841. The number of likely N-dealkylation sites (N-methyl/N-ethyl adjacent to an activating group) is 1. The first-order valence-corrected chi connectivity index (χ1v) is 10.6. The van der Waals surface area contributed by atoms with Crippen molar-refractivity contribution in [2.75, 3.05) is 47.4 Å². The molecule has 1 aliphatic heterocycles. The van der Waals surface area contributed by atoms with Crippen molar-refractivity contribution in [3.63, 3.8) is 0 Å². The summed E-state index contributed by atoms with van der Waals surface area (Å²) >= 11 is 3.57. The number of piperidine rings is 1. The second kappa shape index (κ2) is 9.29. The standard InChI is InChI=1S/C21H30BrN3O3/c1-23(2)10-11-28-21(26)20-15-12-19(27-4)16(22)13-17(15)24(3)18(20)14-25-8-6-5-7-9-25/h12-13H,5-11,14H2,1-4H3. The van der Waals surface area contributed by atoms with E-state index in [2.05, 4.69) is 25.4 Å². The van der Waals surface area contributed by atoms with E-state index in [0.717, 1.165) is 40.7 Å². The largest absolute Gasteiger partial charge is 0.496 e. The summed E-state index contributed by atoms with van der Waals surface area (Å²) in [6.45, 7) is 3.97. The highest BCUT2D eigenvalue weighted by Gasteiger charge is 2.25. The van der Waals surface area contributed by atoms with E-state index in [1.165, 1.54) is 19.3 Å². The Morgan fingerprint density at radius 3 is 2.57 bits per heavy atom. The summed E-state index contributed by atoms with van der Waals surface area (Å²) < 4.78 is 14.1. The number of esters is 1. The first-order chi connectivity index (χ1) is 13.4. The number of ether oxygens (including phenoxy) is 2. The highest BCUT2D eigenvalue weighted by molar-refractivity contribution is 9.10. The molecule has 3 rings (SSSR count). The van der Waals surface area contributed by atoms with E-state index in [-0.39, 0.29) is 5.97 Å². The van der Waals surface area contributed by atoms with E-state index < -0.39 is 0 Å². The minimum absolute atomic E-state index is 0.260. The van der Waals surface area contributed by atoms with Crippen LogP contribution in [0, 0.1) is 0 Å². The molecule has 0 saturated carbocycles. The Hall–Kier alpha value is -1.57. The summed E-state index contributed by atoms with van der Waals surface area (Å²) in [6.07, 6.45) is 3.72. The molecule has 1 saturated heterocycles. The van der Waals surface area contributed by atoms with Crippen LogP contribution in [0.25, 0.3) is 10.9 Å². The summed E-state index contributed by atoms with van der Waals surface area (Å²) in [5, 5.41) is 0.879. The molecule has 2 heterocycles. The van der Waals surface area contributed by atoms with Crippen molar-refractivity contribution in [2.45, 2.75) is 25.8 Å². The molecule has 28 heavy (non-hydrogen) atoms. The van der Waals surface area contributed by atoms with Gasteiger partial charge < -0.3 is 18.9 Å². The number of aryl methyl sites for hydroxylation is 1. The van der Waals surface area contributed by atoms with Gasteiger partial charge in [0.05, 0.1) is 22.7 Å². The van der Waals surface area contributed by atoms with Gasteiger partial charge in [-0.15, -0.1) is 0 Å². The number of hydrogen-bond donors (Lipinski definition) is 0. The molecule has 0 N–H and O–H groups in total.